The molecule has 1 aromatic rings. The normalized spacial score (nSPS) is 17.1. The standard InChI is InChI=1S/C16H21F2N/c1-11(16(3,17)18)13-5-7-14(8-6-13)12(2)19(4)15-9-10-15/h5-8,11,15H,2,9-10H2,1,3-4H3. The molecule has 1 aliphatic carbocycles. The molecule has 1 atom stereocenters. The lowest BCUT2D eigenvalue weighted by Crippen LogP contribution is -2.20. The first-order valence-corrected chi connectivity index (χ1v) is 6.70. The third-order valence-electron chi connectivity index (χ3n) is 4.02. The monoisotopic (exact) mass is 265 g/mol. The van der Waals surface area contributed by atoms with Gasteiger partial charge in [-0.1, -0.05) is 37.8 Å². The Labute approximate surface area is 113 Å². The van der Waals surface area contributed by atoms with Gasteiger partial charge in [0, 0.05) is 24.7 Å². The zero-order valence-corrected chi connectivity index (χ0v) is 11.8. The maximum absolute atomic E-state index is 13.3. The molecule has 0 bridgehead atoms. The summed E-state index contributed by atoms with van der Waals surface area (Å²) in [6.07, 6.45) is 2.43. The minimum Gasteiger partial charge on any atom is -0.372 e. The fourth-order valence-electron chi connectivity index (χ4n) is 2.14. The number of rotatable bonds is 5. The Morgan fingerprint density at radius 1 is 1.32 bits per heavy atom. The lowest BCUT2D eigenvalue weighted by atomic mass is 9.94. The molecule has 0 aromatic heterocycles. The summed E-state index contributed by atoms with van der Waals surface area (Å²) in [5.74, 6) is -3.46. The topological polar surface area (TPSA) is 3.24 Å². The van der Waals surface area contributed by atoms with Gasteiger partial charge in [0.1, 0.15) is 0 Å². The molecule has 1 unspecified atom stereocenters. The molecule has 0 N–H and O–H groups in total. The summed E-state index contributed by atoms with van der Waals surface area (Å²) in [4.78, 5) is 2.17. The van der Waals surface area contributed by atoms with E-state index in [4.69, 9.17) is 0 Å². The Bertz CT molecular complexity index is 455. The summed E-state index contributed by atoms with van der Waals surface area (Å²) in [6.45, 7) is 6.61. The van der Waals surface area contributed by atoms with Crippen LogP contribution in [0.5, 0.6) is 0 Å². The molecule has 0 amide bonds. The minimum absolute atomic E-state index is 0.603. The summed E-state index contributed by atoms with van der Waals surface area (Å²) in [5.41, 5.74) is 2.63. The van der Waals surface area contributed by atoms with Crippen LogP contribution in [0.2, 0.25) is 0 Å². The highest BCUT2D eigenvalue weighted by Crippen LogP contribution is 2.34. The van der Waals surface area contributed by atoms with Crippen molar-refractivity contribution in [1.29, 1.82) is 0 Å². The lowest BCUT2D eigenvalue weighted by molar-refractivity contribution is -0.00222. The average molecular weight is 265 g/mol. The van der Waals surface area contributed by atoms with Gasteiger partial charge >= 0.3 is 0 Å². The van der Waals surface area contributed by atoms with Crippen molar-refractivity contribution in [2.75, 3.05) is 7.05 Å². The molecule has 0 radical (unpaired) electrons. The van der Waals surface area contributed by atoms with E-state index in [1.807, 2.05) is 19.2 Å². The van der Waals surface area contributed by atoms with E-state index < -0.39 is 11.8 Å². The van der Waals surface area contributed by atoms with E-state index in [1.165, 1.54) is 12.8 Å². The summed E-state index contributed by atoms with van der Waals surface area (Å²) in [5, 5.41) is 0. The molecule has 0 spiro atoms. The van der Waals surface area contributed by atoms with Gasteiger partial charge < -0.3 is 4.90 Å². The number of hydrogen-bond acceptors (Lipinski definition) is 1. The molecule has 1 saturated carbocycles. The lowest BCUT2D eigenvalue weighted by Gasteiger charge is -2.23. The van der Waals surface area contributed by atoms with Gasteiger partial charge in [0.25, 0.3) is 5.92 Å². The van der Waals surface area contributed by atoms with Gasteiger partial charge in [-0.2, -0.15) is 0 Å². The molecular formula is C16H21F2N. The van der Waals surface area contributed by atoms with Gasteiger partial charge in [0.15, 0.2) is 0 Å². The van der Waals surface area contributed by atoms with E-state index in [2.05, 4.69) is 11.5 Å². The second-order valence-corrected chi connectivity index (χ2v) is 5.59. The first-order valence-electron chi connectivity index (χ1n) is 6.70. The molecule has 0 heterocycles. The van der Waals surface area contributed by atoms with Crippen LogP contribution in [0.15, 0.2) is 30.8 Å². The third kappa shape index (κ3) is 3.14. The van der Waals surface area contributed by atoms with Crippen molar-refractivity contribution in [3.63, 3.8) is 0 Å². The SMILES string of the molecule is C=C(c1ccc(C(C)C(C)(F)F)cc1)N(C)C1CC1. The van der Waals surface area contributed by atoms with Crippen molar-refractivity contribution >= 4 is 5.70 Å². The van der Waals surface area contributed by atoms with Gasteiger partial charge in [-0.15, -0.1) is 0 Å². The second kappa shape index (κ2) is 4.95. The summed E-state index contributed by atoms with van der Waals surface area (Å²) >= 11 is 0. The largest absolute Gasteiger partial charge is 0.372 e. The predicted octanol–water partition coefficient (Wildman–Crippen LogP) is 4.51. The van der Waals surface area contributed by atoms with Crippen LogP contribution >= 0.6 is 0 Å². The average Bonchev–Trinajstić information content (AvgIpc) is 3.19. The van der Waals surface area contributed by atoms with Crippen LogP contribution in [-0.4, -0.2) is 23.9 Å². The summed E-state index contributed by atoms with van der Waals surface area (Å²) < 4.78 is 26.6. The van der Waals surface area contributed by atoms with E-state index >= 15 is 0 Å². The molecule has 19 heavy (non-hydrogen) atoms. The van der Waals surface area contributed by atoms with Gasteiger partial charge in [0.2, 0.25) is 0 Å². The van der Waals surface area contributed by atoms with Crippen molar-refractivity contribution < 1.29 is 8.78 Å². The number of alkyl halides is 2. The van der Waals surface area contributed by atoms with Crippen LogP contribution in [-0.2, 0) is 0 Å². The van der Waals surface area contributed by atoms with Gasteiger partial charge in [-0.3, -0.25) is 0 Å². The van der Waals surface area contributed by atoms with E-state index in [-0.39, 0.29) is 0 Å². The van der Waals surface area contributed by atoms with Crippen molar-refractivity contribution in [3.05, 3.63) is 42.0 Å². The van der Waals surface area contributed by atoms with Crippen molar-refractivity contribution in [1.82, 2.24) is 4.90 Å². The fourth-order valence-corrected chi connectivity index (χ4v) is 2.14. The highest BCUT2D eigenvalue weighted by molar-refractivity contribution is 5.62. The van der Waals surface area contributed by atoms with Crippen molar-refractivity contribution in [3.8, 4) is 0 Å². The van der Waals surface area contributed by atoms with Crippen LogP contribution in [0.1, 0.15) is 43.7 Å². The number of hydrogen-bond donors (Lipinski definition) is 0. The molecule has 1 aromatic carbocycles. The first kappa shape index (κ1) is 14.0. The van der Waals surface area contributed by atoms with Gasteiger partial charge in [-0.25, -0.2) is 8.78 Å². The molecule has 1 aliphatic rings. The zero-order chi connectivity index (χ0) is 14.2. The number of nitrogens with zero attached hydrogens (tertiary/aromatic N) is 1. The Balaban J connectivity index is 2.12. The van der Waals surface area contributed by atoms with Crippen LogP contribution in [0.4, 0.5) is 8.78 Å². The molecule has 0 saturated heterocycles. The predicted molar refractivity (Wildman–Crippen MR) is 75.3 cm³/mol. The van der Waals surface area contributed by atoms with Crippen LogP contribution in [0.3, 0.4) is 0 Å². The zero-order valence-electron chi connectivity index (χ0n) is 11.8. The molecule has 0 aliphatic heterocycles. The molecule has 1 nitrogen and oxygen atoms in total. The minimum atomic E-state index is -2.69. The quantitative estimate of drug-likeness (QED) is 0.757. The van der Waals surface area contributed by atoms with Gasteiger partial charge in [-0.05, 0) is 30.9 Å². The van der Waals surface area contributed by atoms with E-state index in [0.29, 0.717) is 11.6 Å². The van der Waals surface area contributed by atoms with Crippen molar-refractivity contribution in [2.45, 2.75) is 44.6 Å². The molecule has 104 valence electrons. The van der Waals surface area contributed by atoms with Crippen LogP contribution < -0.4 is 0 Å². The van der Waals surface area contributed by atoms with E-state index in [9.17, 15) is 8.78 Å². The van der Waals surface area contributed by atoms with Crippen LogP contribution in [0.25, 0.3) is 5.70 Å². The molecule has 3 heteroatoms. The smallest absolute Gasteiger partial charge is 0.251 e. The number of halogens is 2. The summed E-state index contributed by atoms with van der Waals surface area (Å²) in [7, 11) is 2.04. The summed E-state index contributed by atoms with van der Waals surface area (Å²) in [6, 6.07) is 7.94. The van der Waals surface area contributed by atoms with E-state index in [0.717, 1.165) is 18.2 Å². The third-order valence-corrected chi connectivity index (χ3v) is 4.02. The highest BCUT2D eigenvalue weighted by atomic mass is 19.3. The Morgan fingerprint density at radius 2 is 1.84 bits per heavy atom. The second-order valence-electron chi connectivity index (χ2n) is 5.59. The first-order chi connectivity index (χ1) is 8.80. The molecular weight excluding hydrogens is 244 g/mol. The Hall–Kier alpha value is -1.38. The fraction of sp³-hybridized carbons (Fsp3) is 0.500. The van der Waals surface area contributed by atoms with Crippen LogP contribution in [0, 0.1) is 0 Å². The number of benzene rings is 1. The Morgan fingerprint density at radius 3 is 2.26 bits per heavy atom. The van der Waals surface area contributed by atoms with Crippen molar-refractivity contribution in [2.24, 2.45) is 0 Å². The highest BCUT2D eigenvalue weighted by Gasteiger charge is 2.31. The van der Waals surface area contributed by atoms with Gasteiger partial charge in [0.05, 0.1) is 0 Å². The maximum Gasteiger partial charge on any atom is 0.251 e. The molecule has 1 fully saturated rings. The maximum atomic E-state index is 13.3. The molecule has 2 rings (SSSR count). The Kier molecular flexibility index (Phi) is 3.66. The van der Waals surface area contributed by atoms with E-state index in [1.54, 1.807) is 19.1 Å².